The predicted octanol–water partition coefficient (Wildman–Crippen LogP) is 0.0276. The average molecular weight is 299 g/mol. The van der Waals surface area contributed by atoms with Crippen molar-refractivity contribution in [2.45, 2.75) is 13.5 Å². The van der Waals surface area contributed by atoms with Gasteiger partial charge in [0.25, 0.3) is 11.6 Å². The molecule has 0 bridgehead atoms. The molecule has 0 saturated heterocycles. The van der Waals surface area contributed by atoms with Crippen molar-refractivity contribution in [1.29, 1.82) is 0 Å². The lowest BCUT2D eigenvalue weighted by Gasteiger charge is -2.18. The van der Waals surface area contributed by atoms with Crippen LogP contribution >= 0.6 is 0 Å². The van der Waals surface area contributed by atoms with E-state index in [0.717, 1.165) is 12.3 Å². The van der Waals surface area contributed by atoms with Crippen molar-refractivity contribution in [3.8, 4) is 0 Å². The van der Waals surface area contributed by atoms with E-state index < -0.39 is 35.9 Å². The number of aromatic nitrogens is 1. The molecule has 0 aromatic carbocycles. The van der Waals surface area contributed by atoms with Gasteiger partial charge in [0.1, 0.15) is 18.8 Å². The molecule has 0 radical (unpaired) electrons. The Bertz CT molecular complexity index is 577. The van der Waals surface area contributed by atoms with E-state index in [-0.39, 0.29) is 17.9 Å². The van der Waals surface area contributed by atoms with Crippen molar-refractivity contribution in [2.24, 2.45) is 0 Å². The Morgan fingerprint density at radius 1 is 1.29 bits per heavy atom. The van der Waals surface area contributed by atoms with Crippen LogP contribution in [0.15, 0.2) is 12.3 Å². The molecule has 10 nitrogen and oxygen atoms in total. The zero-order chi connectivity index (χ0) is 16.2. The Balaban J connectivity index is 3.15. The van der Waals surface area contributed by atoms with Gasteiger partial charge in [0, 0.05) is 12.6 Å². The molecular formula is C11H13N3O7. The van der Waals surface area contributed by atoms with Crippen LogP contribution in [0.25, 0.3) is 0 Å². The summed E-state index contributed by atoms with van der Waals surface area (Å²) in [5.74, 6) is -3.66. The zero-order valence-electron chi connectivity index (χ0n) is 11.1. The van der Waals surface area contributed by atoms with Gasteiger partial charge < -0.3 is 19.7 Å². The highest BCUT2D eigenvalue weighted by Crippen LogP contribution is 2.18. The normalized spacial score (nSPS) is 10.1. The van der Waals surface area contributed by atoms with E-state index in [1.54, 1.807) is 6.92 Å². The van der Waals surface area contributed by atoms with Crippen molar-refractivity contribution in [3.05, 3.63) is 28.1 Å². The molecule has 1 aromatic heterocycles. The van der Waals surface area contributed by atoms with Gasteiger partial charge in [-0.25, -0.2) is 0 Å². The lowest BCUT2D eigenvalue weighted by atomic mass is 10.3. The smallest absolute Gasteiger partial charge is 0.323 e. The molecule has 1 aromatic rings. The van der Waals surface area contributed by atoms with Gasteiger partial charge in [-0.05, 0) is 6.92 Å². The van der Waals surface area contributed by atoms with Crippen LogP contribution in [0.4, 0.5) is 5.69 Å². The first-order valence-corrected chi connectivity index (χ1v) is 5.83. The Kier molecular flexibility index (Phi) is 5.00. The number of nitro groups is 1. The lowest BCUT2D eigenvalue weighted by molar-refractivity contribution is -0.384. The molecule has 0 saturated carbocycles. The fraction of sp³-hybridized carbons (Fsp3) is 0.364. The molecular weight excluding hydrogens is 286 g/mol. The van der Waals surface area contributed by atoms with Gasteiger partial charge in [-0.1, -0.05) is 0 Å². The number of amides is 1. The van der Waals surface area contributed by atoms with Gasteiger partial charge in [0.15, 0.2) is 0 Å². The molecule has 0 aliphatic heterocycles. The van der Waals surface area contributed by atoms with E-state index >= 15 is 0 Å². The molecule has 10 heteroatoms. The van der Waals surface area contributed by atoms with E-state index in [0.29, 0.717) is 4.90 Å². The summed E-state index contributed by atoms with van der Waals surface area (Å²) in [5, 5.41) is 28.1. The first-order valence-electron chi connectivity index (χ1n) is 5.83. The number of nitrogens with zero attached hydrogens (tertiary/aromatic N) is 3. The second kappa shape index (κ2) is 6.50. The zero-order valence-corrected chi connectivity index (χ0v) is 11.1. The summed E-state index contributed by atoms with van der Waals surface area (Å²) in [4.78, 5) is 44.2. The van der Waals surface area contributed by atoms with Crippen LogP contribution in [-0.2, 0) is 16.1 Å². The van der Waals surface area contributed by atoms with Crippen molar-refractivity contribution in [3.63, 3.8) is 0 Å². The van der Waals surface area contributed by atoms with Crippen LogP contribution in [-0.4, -0.2) is 55.5 Å². The Morgan fingerprint density at radius 3 is 2.19 bits per heavy atom. The second-order valence-corrected chi connectivity index (χ2v) is 4.08. The highest BCUT2D eigenvalue weighted by molar-refractivity contribution is 5.96. The number of rotatable bonds is 7. The number of hydrogen-bond donors (Lipinski definition) is 2. The van der Waals surface area contributed by atoms with Crippen LogP contribution in [0.1, 0.15) is 17.4 Å². The van der Waals surface area contributed by atoms with Crippen molar-refractivity contribution >= 4 is 23.5 Å². The minimum absolute atomic E-state index is 0.133. The first-order chi connectivity index (χ1) is 9.76. The third kappa shape index (κ3) is 4.03. The van der Waals surface area contributed by atoms with Gasteiger partial charge in [-0.15, -0.1) is 0 Å². The topological polar surface area (TPSA) is 143 Å². The largest absolute Gasteiger partial charge is 0.480 e. The molecule has 0 unspecified atom stereocenters. The molecule has 1 amide bonds. The molecule has 0 spiro atoms. The number of aryl methyl sites for hydroxylation is 1. The number of aliphatic carboxylic acids is 2. The van der Waals surface area contributed by atoms with E-state index in [1.165, 1.54) is 4.57 Å². The summed E-state index contributed by atoms with van der Waals surface area (Å²) in [6.07, 6.45) is 1.13. The number of carboxylic acid groups (broad SMARTS) is 2. The van der Waals surface area contributed by atoms with E-state index in [9.17, 15) is 24.5 Å². The summed E-state index contributed by atoms with van der Waals surface area (Å²) < 4.78 is 1.26. The average Bonchev–Trinajstić information content (AvgIpc) is 2.80. The van der Waals surface area contributed by atoms with Crippen LogP contribution < -0.4 is 0 Å². The van der Waals surface area contributed by atoms with Crippen LogP contribution in [0.3, 0.4) is 0 Å². The van der Waals surface area contributed by atoms with E-state index in [1.807, 2.05) is 0 Å². The van der Waals surface area contributed by atoms with Gasteiger partial charge in [-0.2, -0.15) is 0 Å². The van der Waals surface area contributed by atoms with Crippen LogP contribution in [0.5, 0.6) is 0 Å². The number of carboxylic acids is 2. The molecule has 114 valence electrons. The molecule has 21 heavy (non-hydrogen) atoms. The SMILES string of the molecule is CCn1cc([N+](=O)[O-])cc1C(=O)N(CC(=O)O)CC(=O)O. The Hall–Kier alpha value is -2.91. The third-order valence-corrected chi connectivity index (χ3v) is 2.59. The maximum Gasteiger partial charge on any atom is 0.323 e. The number of hydrogen-bond acceptors (Lipinski definition) is 5. The van der Waals surface area contributed by atoms with Gasteiger partial charge in [0.05, 0.1) is 11.1 Å². The van der Waals surface area contributed by atoms with Crippen molar-refractivity contribution in [2.75, 3.05) is 13.1 Å². The monoisotopic (exact) mass is 299 g/mol. The second-order valence-electron chi connectivity index (χ2n) is 4.08. The Morgan fingerprint density at radius 2 is 1.81 bits per heavy atom. The van der Waals surface area contributed by atoms with Crippen molar-refractivity contribution in [1.82, 2.24) is 9.47 Å². The molecule has 0 aliphatic rings. The standard InChI is InChI=1S/C11H13N3O7/c1-2-12-4-7(14(20)21)3-8(12)11(19)13(5-9(15)16)6-10(17)18/h3-4H,2,5-6H2,1H3,(H,15,16)(H,17,18). The number of carbonyl (C=O) groups excluding carboxylic acids is 1. The minimum Gasteiger partial charge on any atom is -0.480 e. The fourth-order valence-corrected chi connectivity index (χ4v) is 1.72. The summed E-state index contributed by atoms with van der Waals surface area (Å²) in [6, 6.07) is 0.989. The molecule has 0 atom stereocenters. The van der Waals surface area contributed by atoms with Gasteiger partial charge in [-0.3, -0.25) is 24.5 Å². The van der Waals surface area contributed by atoms with E-state index in [2.05, 4.69) is 0 Å². The summed E-state index contributed by atoms with van der Waals surface area (Å²) in [6.45, 7) is 0.254. The molecule has 1 heterocycles. The lowest BCUT2D eigenvalue weighted by Crippen LogP contribution is -2.40. The highest BCUT2D eigenvalue weighted by Gasteiger charge is 2.26. The molecule has 2 N–H and O–H groups in total. The Labute approximate surface area is 118 Å². The summed E-state index contributed by atoms with van der Waals surface area (Å²) in [7, 11) is 0. The number of carbonyl (C=O) groups is 3. The van der Waals surface area contributed by atoms with Gasteiger partial charge in [0.2, 0.25) is 0 Å². The summed E-state index contributed by atoms with van der Waals surface area (Å²) in [5.41, 5.74) is -0.461. The first kappa shape index (κ1) is 16.1. The maximum absolute atomic E-state index is 12.2. The minimum atomic E-state index is -1.38. The maximum atomic E-state index is 12.2. The van der Waals surface area contributed by atoms with Crippen LogP contribution in [0, 0.1) is 10.1 Å². The van der Waals surface area contributed by atoms with Crippen molar-refractivity contribution < 1.29 is 29.5 Å². The fourth-order valence-electron chi connectivity index (χ4n) is 1.72. The molecule has 0 fully saturated rings. The predicted molar refractivity (Wildman–Crippen MR) is 67.9 cm³/mol. The molecule has 1 rings (SSSR count). The quantitative estimate of drug-likeness (QED) is 0.533. The van der Waals surface area contributed by atoms with E-state index in [4.69, 9.17) is 10.2 Å². The van der Waals surface area contributed by atoms with Crippen LogP contribution in [0.2, 0.25) is 0 Å². The summed E-state index contributed by atoms with van der Waals surface area (Å²) >= 11 is 0. The molecule has 0 aliphatic carbocycles. The third-order valence-electron chi connectivity index (χ3n) is 2.59. The van der Waals surface area contributed by atoms with Gasteiger partial charge >= 0.3 is 11.9 Å². The highest BCUT2D eigenvalue weighted by atomic mass is 16.6.